The molecule has 0 unspecified atom stereocenters. The van der Waals surface area contributed by atoms with Crippen LogP contribution in [0.15, 0.2) is 30.9 Å². The lowest BCUT2D eigenvalue weighted by Gasteiger charge is -2.12. The largest absolute Gasteiger partial charge is 0.484 e. The number of hydrogen-bond donors (Lipinski definition) is 1. The molecule has 0 bridgehead atoms. The Hall–Kier alpha value is -2.04. The number of nitrogens with one attached hydrogen (secondary N) is 1. The van der Waals surface area contributed by atoms with E-state index in [1.807, 2.05) is 0 Å². The molecule has 1 aromatic rings. The van der Waals surface area contributed by atoms with E-state index in [1.54, 1.807) is 32.3 Å². The topological polar surface area (TPSA) is 41.6 Å². The minimum absolute atomic E-state index is 0.102. The molecule has 1 amide bonds. The smallest absolute Gasteiger partial charge is 0.259 e. The van der Waals surface area contributed by atoms with Crippen LogP contribution in [-0.2, 0) is 4.79 Å². The number of carbonyl (C=O) groups excluding carboxylic acids is 1. The second-order valence-electron chi connectivity index (χ2n) is 4.22. The van der Waals surface area contributed by atoms with Gasteiger partial charge in [0.25, 0.3) is 5.91 Å². The third-order valence-electron chi connectivity index (χ3n) is 2.47. The van der Waals surface area contributed by atoms with Gasteiger partial charge in [0.1, 0.15) is 11.6 Å². The van der Waals surface area contributed by atoms with Crippen LogP contribution in [0.3, 0.4) is 0 Å². The van der Waals surface area contributed by atoms with Crippen LogP contribution in [0.4, 0.5) is 10.1 Å². The van der Waals surface area contributed by atoms with Gasteiger partial charge >= 0.3 is 0 Å². The minimum Gasteiger partial charge on any atom is -0.484 e. The van der Waals surface area contributed by atoms with Crippen molar-refractivity contribution in [1.82, 2.24) is 4.90 Å². The van der Waals surface area contributed by atoms with Gasteiger partial charge in [-0.05, 0) is 18.6 Å². The van der Waals surface area contributed by atoms with E-state index in [9.17, 15) is 9.18 Å². The average molecular weight is 266 g/mol. The van der Waals surface area contributed by atoms with Gasteiger partial charge in [-0.15, -0.1) is 6.58 Å². The zero-order chi connectivity index (χ0) is 14.3. The van der Waals surface area contributed by atoms with Crippen LogP contribution < -0.4 is 10.1 Å². The molecule has 4 nitrogen and oxygen atoms in total. The number of amides is 1. The third kappa shape index (κ3) is 4.99. The minimum atomic E-state index is -0.404. The third-order valence-corrected chi connectivity index (χ3v) is 2.47. The van der Waals surface area contributed by atoms with Crippen LogP contribution in [0.2, 0.25) is 0 Å². The average Bonchev–Trinajstić information content (AvgIpc) is 2.38. The maximum Gasteiger partial charge on any atom is 0.259 e. The highest BCUT2D eigenvalue weighted by molar-refractivity contribution is 5.77. The van der Waals surface area contributed by atoms with Gasteiger partial charge in [0.05, 0.1) is 5.69 Å². The van der Waals surface area contributed by atoms with Crippen molar-refractivity contribution >= 4 is 11.6 Å². The van der Waals surface area contributed by atoms with E-state index in [1.165, 1.54) is 11.0 Å². The van der Waals surface area contributed by atoms with E-state index in [2.05, 4.69) is 11.9 Å². The standard InChI is InChI=1S/C14H19FN2O2/c1-4-5-8-16-13-7-6-11(9-12(13)15)19-10-14(18)17(2)3/h4,6-7,9,16H,1,5,8,10H2,2-3H3. The predicted molar refractivity (Wildman–Crippen MR) is 73.9 cm³/mol. The van der Waals surface area contributed by atoms with Crippen molar-refractivity contribution in [3.63, 3.8) is 0 Å². The van der Waals surface area contributed by atoms with Crippen molar-refractivity contribution in [1.29, 1.82) is 0 Å². The molecule has 0 aliphatic heterocycles. The molecule has 0 spiro atoms. The van der Waals surface area contributed by atoms with E-state index in [-0.39, 0.29) is 12.5 Å². The van der Waals surface area contributed by atoms with E-state index >= 15 is 0 Å². The lowest BCUT2D eigenvalue weighted by Crippen LogP contribution is -2.27. The fourth-order valence-electron chi connectivity index (χ4n) is 1.31. The zero-order valence-corrected chi connectivity index (χ0v) is 11.3. The Bertz CT molecular complexity index is 447. The summed E-state index contributed by atoms with van der Waals surface area (Å²) in [6.07, 6.45) is 2.52. The molecule has 0 aromatic heterocycles. The van der Waals surface area contributed by atoms with Crippen LogP contribution in [0, 0.1) is 5.82 Å². The molecule has 0 atom stereocenters. The monoisotopic (exact) mass is 266 g/mol. The summed E-state index contributed by atoms with van der Waals surface area (Å²) in [5.41, 5.74) is 0.410. The number of hydrogen-bond acceptors (Lipinski definition) is 3. The normalized spacial score (nSPS) is 9.84. The molecule has 1 aromatic carbocycles. The lowest BCUT2D eigenvalue weighted by molar-refractivity contribution is -0.130. The van der Waals surface area contributed by atoms with Crippen molar-refractivity contribution in [3.8, 4) is 5.75 Å². The summed E-state index contributed by atoms with van der Waals surface area (Å²) in [6.45, 7) is 4.12. The van der Waals surface area contributed by atoms with Crippen molar-refractivity contribution < 1.29 is 13.9 Å². The van der Waals surface area contributed by atoms with Crippen LogP contribution >= 0.6 is 0 Å². The first-order valence-corrected chi connectivity index (χ1v) is 6.02. The first-order valence-electron chi connectivity index (χ1n) is 6.02. The van der Waals surface area contributed by atoms with E-state index in [0.717, 1.165) is 6.42 Å². The van der Waals surface area contributed by atoms with Crippen molar-refractivity contribution in [2.45, 2.75) is 6.42 Å². The molecule has 0 heterocycles. The Morgan fingerprint density at radius 1 is 1.53 bits per heavy atom. The maximum atomic E-state index is 13.7. The number of carbonyl (C=O) groups is 1. The molecule has 0 radical (unpaired) electrons. The van der Waals surface area contributed by atoms with Crippen molar-refractivity contribution in [3.05, 3.63) is 36.7 Å². The Labute approximate surface area is 112 Å². The van der Waals surface area contributed by atoms with Gasteiger partial charge in [0, 0.05) is 26.7 Å². The summed E-state index contributed by atoms with van der Waals surface area (Å²) in [7, 11) is 3.28. The van der Waals surface area contributed by atoms with Crippen molar-refractivity contribution in [2.24, 2.45) is 0 Å². The Balaban J connectivity index is 2.56. The number of nitrogens with zero attached hydrogens (tertiary/aromatic N) is 1. The van der Waals surface area contributed by atoms with Crippen LogP contribution in [-0.4, -0.2) is 38.1 Å². The number of rotatable bonds is 7. The Morgan fingerprint density at radius 3 is 2.84 bits per heavy atom. The number of likely N-dealkylation sites (N-methyl/N-ethyl adjacent to an activating group) is 1. The second-order valence-corrected chi connectivity index (χ2v) is 4.22. The van der Waals surface area contributed by atoms with Gasteiger partial charge < -0.3 is 15.0 Å². The molecule has 1 N–H and O–H groups in total. The number of ether oxygens (including phenoxy) is 1. The molecule has 0 aliphatic carbocycles. The first-order chi connectivity index (χ1) is 9.04. The maximum absolute atomic E-state index is 13.7. The summed E-state index contributed by atoms with van der Waals surface area (Å²) in [6, 6.07) is 4.48. The van der Waals surface area contributed by atoms with Gasteiger partial charge in [-0.1, -0.05) is 6.08 Å². The fraction of sp³-hybridized carbons (Fsp3) is 0.357. The van der Waals surface area contributed by atoms with E-state index in [0.29, 0.717) is 18.0 Å². The second kappa shape index (κ2) is 7.41. The van der Waals surface area contributed by atoms with Gasteiger partial charge in [-0.3, -0.25) is 4.79 Å². The molecule has 0 saturated heterocycles. The highest BCUT2D eigenvalue weighted by Gasteiger charge is 2.07. The summed E-state index contributed by atoms with van der Waals surface area (Å²) in [4.78, 5) is 12.7. The first kappa shape index (κ1) is 15.0. The lowest BCUT2D eigenvalue weighted by atomic mass is 10.2. The highest BCUT2D eigenvalue weighted by atomic mass is 19.1. The van der Waals surface area contributed by atoms with Gasteiger partial charge in [-0.25, -0.2) is 4.39 Å². The Morgan fingerprint density at radius 2 is 2.26 bits per heavy atom. The number of halogens is 1. The number of anilines is 1. The van der Waals surface area contributed by atoms with Gasteiger partial charge in [-0.2, -0.15) is 0 Å². The summed E-state index contributed by atoms with van der Waals surface area (Å²) in [5.74, 6) is -0.241. The summed E-state index contributed by atoms with van der Waals surface area (Å²) < 4.78 is 18.9. The number of benzene rings is 1. The molecule has 104 valence electrons. The van der Waals surface area contributed by atoms with Crippen LogP contribution in [0.1, 0.15) is 6.42 Å². The molecule has 0 aliphatic rings. The molecular weight excluding hydrogens is 247 g/mol. The SMILES string of the molecule is C=CCCNc1ccc(OCC(=O)N(C)C)cc1F. The van der Waals surface area contributed by atoms with Gasteiger partial charge in [0.2, 0.25) is 0 Å². The Kier molecular flexibility index (Phi) is 5.85. The van der Waals surface area contributed by atoms with Crippen molar-refractivity contribution in [2.75, 3.05) is 32.6 Å². The fourth-order valence-corrected chi connectivity index (χ4v) is 1.31. The molecule has 5 heteroatoms. The van der Waals surface area contributed by atoms with Gasteiger partial charge in [0.15, 0.2) is 6.61 Å². The molecule has 19 heavy (non-hydrogen) atoms. The molecular formula is C14H19FN2O2. The van der Waals surface area contributed by atoms with E-state index in [4.69, 9.17) is 4.74 Å². The molecule has 0 fully saturated rings. The predicted octanol–water partition coefficient (Wildman–Crippen LogP) is 2.28. The van der Waals surface area contributed by atoms with Crippen LogP contribution in [0.25, 0.3) is 0 Å². The van der Waals surface area contributed by atoms with E-state index < -0.39 is 5.82 Å². The van der Waals surface area contributed by atoms with Crippen LogP contribution in [0.5, 0.6) is 5.75 Å². The highest BCUT2D eigenvalue weighted by Crippen LogP contribution is 2.20. The summed E-state index contributed by atoms with van der Waals surface area (Å²) >= 11 is 0. The molecule has 0 saturated carbocycles. The molecule has 1 rings (SSSR count). The summed E-state index contributed by atoms with van der Waals surface area (Å²) in [5, 5.41) is 2.95. The zero-order valence-electron chi connectivity index (χ0n) is 11.3. The quantitative estimate of drug-likeness (QED) is 0.608.